The summed E-state index contributed by atoms with van der Waals surface area (Å²) in [6, 6.07) is 7.66. The van der Waals surface area contributed by atoms with Crippen LogP contribution in [-0.4, -0.2) is 10.8 Å². The van der Waals surface area contributed by atoms with Crippen LogP contribution < -0.4 is 0 Å². The van der Waals surface area contributed by atoms with Crippen LogP contribution >= 0.6 is 22.6 Å². The van der Waals surface area contributed by atoms with Gasteiger partial charge >= 0.3 is 0 Å². The Morgan fingerprint density at radius 3 is 2.41 bits per heavy atom. The molecule has 0 spiro atoms. The van der Waals surface area contributed by atoms with E-state index in [4.69, 9.17) is 0 Å². The lowest BCUT2D eigenvalue weighted by atomic mass is 10.0. The molecule has 2 nitrogen and oxygen atoms in total. The van der Waals surface area contributed by atoms with E-state index >= 15 is 0 Å². The van der Waals surface area contributed by atoms with Crippen molar-refractivity contribution < 1.29 is 4.79 Å². The number of ketones is 1. The van der Waals surface area contributed by atoms with Crippen LogP contribution in [0.5, 0.6) is 0 Å². The quantitative estimate of drug-likeness (QED) is 0.656. The molecular weight excluding hydrogens is 325 g/mol. The Hall–Kier alpha value is -1.10. The lowest BCUT2D eigenvalue weighted by molar-refractivity contribution is 0.103. The Balaban J connectivity index is 2.47. The Labute approximate surface area is 115 Å². The summed E-state index contributed by atoms with van der Waals surface area (Å²) in [4.78, 5) is 15.5. The van der Waals surface area contributed by atoms with E-state index in [9.17, 15) is 4.79 Å². The third kappa shape index (κ3) is 2.29. The van der Waals surface area contributed by atoms with Crippen molar-refractivity contribution in [2.75, 3.05) is 0 Å². The van der Waals surface area contributed by atoms with Crippen molar-refractivity contribution in [1.29, 1.82) is 0 Å². The maximum atomic E-state index is 12.4. The van der Waals surface area contributed by atoms with Crippen molar-refractivity contribution in [2.24, 2.45) is 0 Å². The number of halogens is 1. The Kier molecular flexibility index (Phi) is 3.38. The first-order valence-corrected chi connectivity index (χ1v) is 6.54. The van der Waals surface area contributed by atoms with Gasteiger partial charge in [0.05, 0.1) is 5.69 Å². The summed E-state index contributed by atoms with van der Waals surface area (Å²) in [5.74, 6) is 0.0669. The summed E-state index contributed by atoms with van der Waals surface area (Å²) in [5.41, 5.74) is 4.73. The number of aromatic amines is 1. The Bertz CT molecular complexity index is 584. The number of hydrogen-bond donors (Lipinski definition) is 1. The highest BCUT2D eigenvalue weighted by Crippen LogP contribution is 2.20. The van der Waals surface area contributed by atoms with E-state index in [1.807, 2.05) is 45.0 Å². The lowest BCUT2D eigenvalue weighted by Gasteiger charge is -2.01. The molecule has 0 amide bonds. The fraction of sp³-hybridized carbons (Fsp3) is 0.214. The molecule has 0 unspecified atom stereocenters. The summed E-state index contributed by atoms with van der Waals surface area (Å²) < 4.78 is 1.08. The zero-order chi connectivity index (χ0) is 12.6. The first-order chi connectivity index (χ1) is 8.00. The maximum absolute atomic E-state index is 12.4. The van der Waals surface area contributed by atoms with Crippen LogP contribution in [0.2, 0.25) is 0 Å². The standard InChI is InChI=1S/C14H14INO/c1-8-9(2)13(16-10(8)3)14(17)11-5-4-6-12(15)7-11/h4-7,16H,1-3H3. The van der Waals surface area contributed by atoms with E-state index in [2.05, 4.69) is 27.6 Å². The van der Waals surface area contributed by atoms with E-state index < -0.39 is 0 Å². The van der Waals surface area contributed by atoms with Gasteiger partial charge < -0.3 is 4.98 Å². The lowest BCUT2D eigenvalue weighted by Crippen LogP contribution is -2.04. The van der Waals surface area contributed by atoms with Crippen LogP contribution in [0, 0.1) is 24.3 Å². The molecule has 1 N–H and O–H groups in total. The molecule has 3 heteroatoms. The zero-order valence-corrected chi connectivity index (χ0v) is 12.3. The molecular formula is C14H14INO. The summed E-state index contributed by atoms with van der Waals surface area (Å²) >= 11 is 2.22. The first kappa shape index (κ1) is 12.4. The van der Waals surface area contributed by atoms with Crippen molar-refractivity contribution in [3.8, 4) is 0 Å². The summed E-state index contributed by atoms with van der Waals surface area (Å²) in [5, 5.41) is 0. The molecule has 0 atom stereocenters. The van der Waals surface area contributed by atoms with Gasteiger partial charge in [0.1, 0.15) is 0 Å². The van der Waals surface area contributed by atoms with Gasteiger partial charge in [-0.15, -0.1) is 0 Å². The number of nitrogens with one attached hydrogen (secondary N) is 1. The van der Waals surface area contributed by atoms with Crippen LogP contribution in [0.15, 0.2) is 24.3 Å². The zero-order valence-electron chi connectivity index (χ0n) is 10.1. The van der Waals surface area contributed by atoms with Crippen molar-refractivity contribution in [3.05, 3.63) is 55.9 Å². The highest BCUT2D eigenvalue weighted by atomic mass is 127. The summed E-state index contributed by atoms with van der Waals surface area (Å²) in [7, 11) is 0. The largest absolute Gasteiger partial charge is 0.356 e. The molecule has 0 aliphatic carbocycles. The number of aromatic nitrogens is 1. The monoisotopic (exact) mass is 339 g/mol. The molecule has 0 fully saturated rings. The van der Waals surface area contributed by atoms with Gasteiger partial charge in [-0.3, -0.25) is 4.79 Å². The van der Waals surface area contributed by atoms with Gasteiger partial charge in [-0.1, -0.05) is 12.1 Å². The van der Waals surface area contributed by atoms with Crippen molar-refractivity contribution in [1.82, 2.24) is 4.98 Å². The molecule has 2 aromatic rings. The number of hydrogen-bond acceptors (Lipinski definition) is 1. The predicted octanol–water partition coefficient (Wildman–Crippen LogP) is 3.78. The van der Waals surface area contributed by atoms with Crippen molar-refractivity contribution in [3.63, 3.8) is 0 Å². The highest BCUT2D eigenvalue weighted by Gasteiger charge is 2.16. The van der Waals surface area contributed by atoms with Crippen LogP contribution in [0.25, 0.3) is 0 Å². The number of benzene rings is 1. The molecule has 0 radical (unpaired) electrons. The van der Waals surface area contributed by atoms with Gasteiger partial charge in [0.2, 0.25) is 5.78 Å². The minimum atomic E-state index is 0.0669. The molecule has 1 heterocycles. The summed E-state index contributed by atoms with van der Waals surface area (Å²) in [6.07, 6.45) is 0. The second-order valence-electron chi connectivity index (χ2n) is 4.21. The summed E-state index contributed by atoms with van der Waals surface area (Å²) in [6.45, 7) is 6.01. The number of rotatable bonds is 2. The average molecular weight is 339 g/mol. The van der Waals surface area contributed by atoms with E-state index in [0.717, 1.165) is 20.4 Å². The van der Waals surface area contributed by atoms with E-state index in [0.29, 0.717) is 5.69 Å². The van der Waals surface area contributed by atoms with Crippen LogP contribution in [0.1, 0.15) is 32.9 Å². The second kappa shape index (κ2) is 4.64. The van der Waals surface area contributed by atoms with Gasteiger partial charge in [0, 0.05) is 14.8 Å². The van der Waals surface area contributed by atoms with Gasteiger partial charge in [-0.2, -0.15) is 0 Å². The minimum Gasteiger partial charge on any atom is -0.356 e. The van der Waals surface area contributed by atoms with Gasteiger partial charge in [0.15, 0.2) is 0 Å². The fourth-order valence-corrected chi connectivity index (χ4v) is 2.39. The fourth-order valence-electron chi connectivity index (χ4n) is 1.84. The van der Waals surface area contributed by atoms with E-state index in [1.165, 1.54) is 5.56 Å². The molecule has 0 aliphatic heterocycles. The molecule has 88 valence electrons. The predicted molar refractivity (Wildman–Crippen MR) is 77.6 cm³/mol. The maximum Gasteiger partial charge on any atom is 0.209 e. The number of H-pyrrole nitrogens is 1. The first-order valence-electron chi connectivity index (χ1n) is 5.46. The van der Waals surface area contributed by atoms with Gasteiger partial charge in [0.25, 0.3) is 0 Å². The average Bonchev–Trinajstić information content (AvgIpc) is 2.56. The van der Waals surface area contributed by atoms with Gasteiger partial charge in [-0.25, -0.2) is 0 Å². The highest BCUT2D eigenvalue weighted by molar-refractivity contribution is 14.1. The minimum absolute atomic E-state index is 0.0669. The number of carbonyl (C=O) groups excluding carboxylic acids is 1. The Morgan fingerprint density at radius 2 is 1.88 bits per heavy atom. The molecule has 1 aromatic heterocycles. The Morgan fingerprint density at radius 1 is 1.18 bits per heavy atom. The smallest absolute Gasteiger partial charge is 0.209 e. The number of aryl methyl sites for hydroxylation is 1. The number of carbonyl (C=O) groups is 1. The van der Waals surface area contributed by atoms with Crippen LogP contribution in [0.4, 0.5) is 0 Å². The molecule has 0 saturated carbocycles. The topological polar surface area (TPSA) is 32.9 Å². The van der Waals surface area contributed by atoms with Crippen LogP contribution in [-0.2, 0) is 0 Å². The molecule has 0 aliphatic rings. The molecule has 0 bridgehead atoms. The van der Waals surface area contributed by atoms with E-state index in [-0.39, 0.29) is 5.78 Å². The molecule has 2 rings (SSSR count). The van der Waals surface area contributed by atoms with Crippen LogP contribution in [0.3, 0.4) is 0 Å². The van der Waals surface area contributed by atoms with Crippen molar-refractivity contribution in [2.45, 2.75) is 20.8 Å². The third-order valence-corrected chi connectivity index (χ3v) is 3.80. The molecule has 1 aromatic carbocycles. The third-order valence-electron chi connectivity index (χ3n) is 3.13. The second-order valence-corrected chi connectivity index (χ2v) is 5.46. The van der Waals surface area contributed by atoms with Crippen molar-refractivity contribution >= 4 is 28.4 Å². The van der Waals surface area contributed by atoms with E-state index in [1.54, 1.807) is 0 Å². The normalized spacial score (nSPS) is 10.6. The van der Waals surface area contributed by atoms with Gasteiger partial charge in [-0.05, 0) is 66.6 Å². The molecule has 0 saturated heterocycles. The molecule has 17 heavy (non-hydrogen) atoms. The SMILES string of the molecule is Cc1[nH]c(C(=O)c2cccc(I)c2)c(C)c1C.